The maximum atomic E-state index is 12.7. The highest BCUT2D eigenvalue weighted by molar-refractivity contribution is 8.00. The molecule has 2 aromatic rings. The summed E-state index contributed by atoms with van der Waals surface area (Å²) in [5.41, 5.74) is 1.58. The lowest BCUT2D eigenvalue weighted by atomic mass is 10.0. The van der Waals surface area contributed by atoms with Crippen LogP contribution in [0.25, 0.3) is 5.57 Å². The second kappa shape index (κ2) is 8.27. The lowest BCUT2D eigenvalue weighted by Crippen LogP contribution is -2.70. The number of fused-ring (bicyclic) bond motifs is 1. The van der Waals surface area contributed by atoms with Crippen LogP contribution in [0.1, 0.15) is 15.6 Å². The normalized spacial score (nSPS) is 20.9. The van der Waals surface area contributed by atoms with E-state index in [0.29, 0.717) is 21.3 Å². The topological polar surface area (TPSA) is 112 Å². The van der Waals surface area contributed by atoms with Gasteiger partial charge in [0.05, 0.1) is 13.0 Å². The van der Waals surface area contributed by atoms with Gasteiger partial charge in [-0.2, -0.15) is 0 Å². The summed E-state index contributed by atoms with van der Waals surface area (Å²) in [6.07, 6.45) is 0.177. The first kappa shape index (κ1) is 20.1. The molecular formula is C18H16N4O4S3. The molecule has 2 aliphatic heterocycles. The lowest BCUT2D eigenvalue weighted by Gasteiger charge is -2.49. The number of hydrogen-bond donors (Lipinski definition) is 3. The van der Waals surface area contributed by atoms with E-state index < -0.39 is 11.2 Å². The predicted molar refractivity (Wildman–Crippen MR) is 112 cm³/mol. The Bertz CT molecular complexity index is 1010. The highest BCUT2D eigenvalue weighted by Gasteiger charge is 2.54. The van der Waals surface area contributed by atoms with Gasteiger partial charge in [-0.05, 0) is 5.56 Å². The Kier molecular flexibility index (Phi) is 5.72. The van der Waals surface area contributed by atoms with Gasteiger partial charge in [0.25, 0.3) is 5.91 Å². The summed E-state index contributed by atoms with van der Waals surface area (Å²) >= 11 is 6.54. The molecule has 29 heavy (non-hydrogen) atoms. The van der Waals surface area contributed by atoms with E-state index >= 15 is 0 Å². The van der Waals surface area contributed by atoms with Gasteiger partial charge in [-0.3, -0.25) is 19.3 Å². The fraction of sp³-hybridized carbons (Fsp3) is 0.278. The monoisotopic (exact) mass is 448 g/mol. The fourth-order valence-electron chi connectivity index (χ4n) is 3.23. The summed E-state index contributed by atoms with van der Waals surface area (Å²) in [6, 6.07) is 8.57. The lowest BCUT2D eigenvalue weighted by molar-refractivity contribution is -0.146. The van der Waals surface area contributed by atoms with Crippen LogP contribution in [0.5, 0.6) is 0 Å². The third-order valence-electron chi connectivity index (χ3n) is 4.56. The number of amides is 2. The fourth-order valence-corrected chi connectivity index (χ4v) is 5.65. The van der Waals surface area contributed by atoms with Crippen molar-refractivity contribution in [3.63, 3.8) is 0 Å². The number of β-lactam (4-membered cyclic amide) rings is 1. The maximum absolute atomic E-state index is 12.7. The molecule has 2 atom stereocenters. The number of hydrogen-bond acceptors (Lipinski definition) is 8. The Labute approximate surface area is 179 Å². The van der Waals surface area contributed by atoms with E-state index in [1.165, 1.54) is 16.7 Å². The molecule has 3 heterocycles. The minimum atomic E-state index is -0.692. The van der Waals surface area contributed by atoms with Gasteiger partial charge in [-0.15, -0.1) is 22.0 Å². The summed E-state index contributed by atoms with van der Waals surface area (Å²) in [5.74, 6) is -0.188. The number of carbonyl (C=O) groups excluding carboxylic acids is 3. The number of aromatic nitrogens is 2. The Morgan fingerprint density at radius 2 is 2.03 bits per heavy atom. The third-order valence-corrected chi connectivity index (χ3v) is 7.01. The largest absolute Gasteiger partial charge is 0.389 e. The standard InChI is InChI=1S/C18H16N4O4S3/c23-7-12-20-21-15(29-12)10-8-28-17-13(16(25)22(17)14(10)18(26)27)19-11(24)6-9-4-2-1-3-5-9/h1-5,13,17,23H,6-8H2,(H,19,24)(H,26,27)/t13-,17-/m1/s1. The van der Waals surface area contributed by atoms with Crippen molar-refractivity contribution in [2.75, 3.05) is 5.75 Å². The molecule has 150 valence electrons. The number of aliphatic hydroxyl groups is 1. The van der Waals surface area contributed by atoms with Gasteiger partial charge in [-0.25, -0.2) is 0 Å². The van der Waals surface area contributed by atoms with E-state index in [9.17, 15) is 19.5 Å². The Morgan fingerprint density at radius 3 is 2.69 bits per heavy atom. The first-order chi connectivity index (χ1) is 14.0. The minimum absolute atomic E-state index is 0.163. The van der Waals surface area contributed by atoms with Gasteiger partial charge in [0.15, 0.2) is 0 Å². The molecule has 2 aliphatic rings. The molecule has 0 saturated carbocycles. The quantitative estimate of drug-likeness (QED) is 0.443. The highest BCUT2D eigenvalue weighted by atomic mass is 32.2. The minimum Gasteiger partial charge on any atom is -0.389 e. The summed E-state index contributed by atoms with van der Waals surface area (Å²) in [4.78, 5) is 38.6. The molecule has 8 nitrogen and oxygen atoms in total. The van der Waals surface area contributed by atoms with Gasteiger partial charge >= 0.3 is 0 Å². The SMILES string of the molecule is O=C(Cc1ccccc1)N[C@@H]1C(=O)N2C(C(=O)S)=C(c3nnc(CO)s3)CS[C@H]12. The van der Waals surface area contributed by atoms with Gasteiger partial charge < -0.3 is 10.4 Å². The van der Waals surface area contributed by atoms with E-state index in [0.717, 1.165) is 16.9 Å². The van der Waals surface area contributed by atoms with E-state index in [2.05, 4.69) is 28.1 Å². The van der Waals surface area contributed by atoms with Crippen LogP contribution in [0, 0.1) is 0 Å². The molecule has 0 spiro atoms. The van der Waals surface area contributed by atoms with Crippen LogP contribution in [-0.2, 0) is 27.4 Å². The van der Waals surface area contributed by atoms with Crippen LogP contribution >= 0.6 is 35.7 Å². The molecule has 2 N–H and O–H groups in total. The molecule has 1 saturated heterocycles. The van der Waals surface area contributed by atoms with Crippen molar-refractivity contribution in [2.24, 2.45) is 0 Å². The van der Waals surface area contributed by atoms with Gasteiger partial charge in [0, 0.05) is 11.3 Å². The molecule has 2 amide bonds. The summed E-state index contributed by atoms with van der Waals surface area (Å²) in [7, 11) is 0. The molecule has 1 aromatic heterocycles. The van der Waals surface area contributed by atoms with Crippen LogP contribution < -0.4 is 5.32 Å². The first-order valence-corrected chi connectivity index (χ1v) is 11.0. The van der Waals surface area contributed by atoms with Gasteiger partial charge in [0.1, 0.15) is 27.1 Å². The molecule has 0 radical (unpaired) electrons. The third kappa shape index (κ3) is 3.82. The van der Waals surface area contributed by atoms with Crippen molar-refractivity contribution in [3.8, 4) is 0 Å². The number of nitrogens with one attached hydrogen (secondary N) is 1. The molecule has 0 unspecified atom stereocenters. The molecule has 1 fully saturated rings. The number of carbonyl (C=O) groups is 3. The number of aliphatic hydroxyl groups excluding tert-OH is 1. The molecule has 0 bridgehead atoms. The number of nitrogens with zero attached hydrogens (tertiary/aromatic N) is 3. The Morgan fingerprint density at radius 1 is 1.28 bits per heavy atom. The second-order valence-corrected chi connectivity index (χ2v) is 8.98. The van der Waals surface area contributed by atoms with E-state index in [-0.39, 0.29) is 35.9 Å². The number of thioether (sulfide) groups is 1. The molecular weight excluding hydrogens is 432 g/mol. The Hall–Kier alpha value is -2.21. The summed E-state index contributed by atoms with van der Waals surface area (Å²) in [6.45, 7) is -0.247. The van der Waals surface area contributed by atoms with E-state index in [4.69, 9.17) is 0 Å². The zero-order chi connectivity index (χ0) is 20.5. The van der Waals surface area contributed by atoms with Crippen molar-refractivity contribution >= 4 is 58.2 Å². The van der Waals surface area contributed by atoms with Crippen LogP contribution in [0.2, 0.25) is 0 Å². The van der Waals surface area contributed by atoms with Crippen LogP contribution in [-0.4, -0.2) is 54.3 Å². The average molecular weight is 449 g/mol. The van der Waals surface area contributed by atoms with Crippen LogP contribution in [0.4, 0.5) is 0 Å². The Balaban J connectivity index is 1.52. The van der Waals surface area contributed by atoms with Crippen molar-refractivity contribution in [2.45, 2.75) is 24.4 Å². The maximum Gasteiger partial charge on any atom is 0.253 e. The number of benzene rings is 1. The summed E-state index contributed by atoms with van der Waals surface area (Å²) < 4.78 is 0. The average Bonchev–Trinajstić information content (AvgIpc) is 3.20. The zero-order valence-corrected chi connectivity index (χ0v) is 17.5. The van der Waals surface area contributed by atoms with Gasteiger partial charge in [-0.1, -0.05) is 54.3 Å². The van der Waals surface area contributed by atoms with Gasteiger partial charge in [0.2, 0.25) is 11.0 Å². The summed E-state index contributed by atoms with van der Waals surface area (Å²) in [5, 5.41) is 19.8. The van der Waals surface area contributed by atoms with E-state index in [1.807, 2.05) is 30.3 Å². The van der Waals surface area contributed by atoms with Crippen molar-refractivity contribution in [1.29, 1.82) is 0 Å². The molecule has 11 heteroatoms. The van der Waals surface area contributed by atoms with Crippen molar-refractivity contribution in [1.82, 2.24) is 20.4 Å². The smallest absolute Gasteiger partial charge is 0.253 e. The van der Waals surface area contributed by atoms with Crippen LogP contribution in [0.15, 0.2) is 36.0 Å². The number of rotatable bonds is 6. The van der Waals surface area contributed by atoms with Crippen molar-refractivity contribution in [3.05, 3.63) is 51.6 Å². The molecule has 0 aliphatic carbocycles. The first-order valence-electron chi connectivity index (χ1n) is 8.67. The molecule has 4 rings (SSSR count). The van der Waals surface area contributed by atoms with Crippen molar-refractivity contribution < 1.29 is 19.5 Å². The number of thiol groups is 1. The zero-order valence-electron chi connectivity index (χ0n) is 14.9. The predicted octanol–water partition coefficient (Wildman–Crippen LogP) is 0.840. The second-order valence-electron chi connectivity index (χ2n) is 6.41. The highest BCUT2D eigenvalue weighted by Crippen LogP contribution is 2.44. The molecule has 1 aromatic carbocycles. The van der Waals surface area contributed by atoms with Crippen LogP contribution in [0.3, 0.4) is 0 Å². The van der Waals surface area contributed by atoms with E-state index in [1.54, 1.807) is 0 Å².